The summed E-state index contributed by atoms with van der Waals surface area (Å²) in [4.78, 5) is 30.5. The Labute approximate surface area is 125 Å². The van der Waals surface area contributed by atoms with E-state index in [2.05, 4.69) is 0 Å². The monoisotopic (exact) mass is 287 g/mol. The second-order valence-corrected chi connectivity index (χ2v) is 5.90. The molecule has 0 spiro atoms. The number of nitrogens with zero attached hydrogens (tertiary/aromatic N) is 3. The maximum atomic E-state index is 12.8. The molecule has 2 amide bonds. The fourth-order valence-corrected chi connectivity index (χ4v) is 3.16. The van der Waals surface area contributed by atoms with E-state index >= 15 is 0 Å². The molecule has 0 bridgehead atoms. The number of rotatable bonds is 2. The zero-order valence-electron chi connectivity index (χ0n) is 12.6. The lowest BCUT2D eigenvalue weighted by Gasteiger charge is -2.26. The van der Waals surface area contributed by atoms with Crippen LogP contribution in [-0.4, -0.2) is 49.9 Å². The fraction of sp³-hybridized carbons (Fsp3) is 0.500. The third-order valence-corrected chi connectivity index (χ3v) is 4.33. The first-order valence-electron chi connectivity index (χ1n) is 7.46. The smallest absolute Gasteiger partial charge is 0.249 e. The zero-order chi connectivity index (χ0) is 15.0. The molecule has 5 heteroatoms. The van der Waals surface area contributed by atoms with Gasteiger partial charge in [-0.1, -0.05) is 6.07 Å². The minimum atomic E-state index is -0.261. The molecule has 0 aliphatic carbocycles. The van der Waals surface area contributed by atoms with E-state index in [0.717, 1.165) is 30.8 Å². The predicted molar refractivity (Wildman–Crippen MR) is 82.5 cm³/mol. The molecule has 5 nitrogen and oxygen atoms in total. The summed E-state index contributed by atoms with van der Waals surface area (Å²) < 4.78 is 0. The molecule has 3 rings (SSSR count). The van der Waals surface area contributed by atoms with Crippen LogP contribution in [0, 0.1) is 0 Å². The Bertz CT molecular complexity index is 570. The lowest BCUT2D eigenvalue weighted by molar-refractivity contribution is -0.135. The van der Waals surface area contributed by atoms with Gasteiger partial charge in [0.15, 0.2) is 0 Å². The molecule has 2 fully saturated rings. The molecule has 21 heavy (non-hydrogen) atoms. The zero-order valence-corrected chi connectivity index (χ0v) is 12.6. The summed E-state index contributed by atoms with van der Waals surface area (Å²) in [5.41, 5.74) is 1.94. The van der Waals surface area contributed by atoms with Crippen molar-refractivity contribution in [3.05, 3.63) is 24.3 Å². The van der Waals surface area contributed by atoms with Gasteiger partial charge in [0, 0.05) is 45.0 Å². The standard InChI is InChI=1S/C16H21N3O2/c1-17(2)12-5-3-6-13(11-12)18-10-8-15(20)19-9-4-7-14(19)16(18)21/h3,5-6,11,14H,4,7-10H2,1-2H3. The van der Waals surface area contributed by atoms with Crippen LogP contribution in [0.15, 0.2) is 24.3 Å². The molecule has 112 valence electrons. The lowest BCUT2D eigenvalue weighted by Crippen LogP contribution is -2.43. The average molecular weight is 287 g/mol. The summed E-state index contributed by atoms with van der Waals surface area (Å²) in [6, 6.07) is 7.66. The number of hydrogen-bond donors (Lipinski definition) is 0. The van der Waals surface area contributed by atoms with Crippen molar-refractivity contribution in [1.82, 2.24) is 4.90 Å². The Morgan fingerprint density at radius 2 is 2.00 bits per heavy atom. The van der Waals surface area contributed by atoms with E-state index in [1.54, 1.807) is 9.80 Å². The van der Waals surface area contributed by atoms with Crippen LogP contribution >= 0.6 is 0 Å². The topological polar surface area (TPSA) is 43.9 Å². The van der Waals surface area contributed by atoms with Gasteiger partial charge in [-0.15, -0.1) is 0 Å². The van der Waals surface area contributed by atoms with Crippen LogP contribution in [0.4, 0.5) is 11.4 Å². The van der Waals surface area contributed by atoms with E-state index in [-0.39, 0.29) is 17.9 Å². The van der Waals surface area contributed by atoms with Gasteiger partial charge >= 0.3 is 0 Å². The highest BCUT2D eigenvalue weighted by atomic mass is 16.2. The minimum absolute atomic E-state index is 0.0641. The van der Waals surface area contributed by atoms with E-state index < -0.39 is 0 Å². The van der Waals surface area contributed by atoms with Crippen LogP contribution in [-0.2, 0) is 9.59 Å². The largest absolute Gasteiger partial charge is 0.378 e. The number of anilines is 2. The highest BCUT2D eigenvalue weighted by Crippen LogP contribution is 2.28. The average Bonchev–Trinajstić information content (AvgIpc) is 2.93. The van der Waals surface area contributed by atoms with Crippen LogP contribution < -0.4 is 9.80 Å². The van der Waals surface area contributed by atoms with Crippen LogP contribution in [0.2, 0.25) is 0 Å². The van der Waals surface area contributed by atoms with Crippen molar-refractivity contribution in [2.75, 3.05) is 37.0 Å². The maximum absolute atomic E-state index is 12.8. The highest BCUT2D eigenvalue weighted by Gasteiger charge is 2.39. The van der Waals surface area contributed by atoms with Crippen LogP contribution in [0.3, 0.4) is 0 Å². The van der Waals surface area contributed by atoms with Crippen LogP contribution in [0.25, 0.3) is 0 Å². The molecule has 1 atom stereocenters. The Hall–Kier alpha value is -2.04. The number of carbonyl (C=O) groups is 2. The van der Waals surface area contributed by atoms with Gasteiger partial charge in [0.25, 0.3) is 0 Å². The minimum Gasteiger partial charge on any atom is -0.378 e. The number of fused-ring (bicyclic) bond motifs is 1. The molecule has 1 aromatic carbocycles. The highest BCUT2D eigenvalue weighted by molar-refractivity contribution is 6.01. The molecule has 2 saturated heterocycles. The summed E-state index contributed by atoms with van der Waals surface area (Å²) in [7, 11) is 3.96. The Balaban J connectivity index is 1.92. The van der Waals surface area contributed by atoms with Gasteiger partial charge < -0.3 is 14.7 Å². The van der Waals surface area contributed by atoms with E-state index in [9.17, 15) is 9.59 Å². The molecule has 0 N–H and O–H groups in total. The van der Waals surface area contributed by atoms with Gasteiger partial charge in [0.2, 0.25) is 11.8 Å². The number of amides is 2. The molecular weight excluding hydrogens is 266 g/mol. The van der Waals surface area contributed by atoms with Crippen molar-refractivity contribution in [2.24, 2.45) is 0 Å². The first-order chi connectivity index (χ1) is 10.1. The molecule has 1 aromatic rings. The second kappa shape index (κ2) is 5.39. The van der Waals surface area contributed by atoms with Crippen LogP contribution in [0.1, 0.15) is 19.3 Å². The van der Waals surface area contributed by atoms with Gasteiger partial charge in [0.1, 0.15) is 6.04 Å². The molecule has 0 aromatic heterocycles. The quantitative estimate of drug-likeness (QED) is 0.827. The summed E-state index contributed by atoms with van der Waals surface area (Å²) in [5, 5.41) is 0. The van der Waals surface area contributed by atoms with Crippen molar-refractivity contribution in [2.45, 2.75) is 25.3 Å². The summed E-state index contributed by atoms with van der Waals surface area (Å²) >= 11 is 0. The molecule has 2 aliphatic heterocycles. The maximum Gasteiger partial charge on any atom is 0.249 e. The first-order valence-corrected chi connectivity index (χ1v) is 7.46. The molecular formula is C16H21N3O2. The van der Waals surface area contributed by atoms with Gasteiger partial charge in [-0.3, -0.25) is 9.59 Å². The third kappa shape index (κ3) is 2.48. The lowest BCUT2D eigenvalue weighted by atomic mass is 10.1. The summed E-state index contributed by atoms with van der Waals surface area (Å²) in [6.07, 6.45) is 2.12. The van der Waals surface area contributed by atoms with Crippen LogP contribution in [0.5, 0.6) is 0 Å². The number of hydrogen-bond acceptors (Lipinski definition) is 3. The summed E-state index contributed by atoms with van der Waals surface area (Å²) in [5.74, 6) is 0.173. The van der Waals surface area contributed by atoms with E-state index in [1.165, 1.54) is 0 Å². The van der Waals surface area contributed by atoms with Gasteiger partial charge in [0.05, 0.1) is 0 Å². The molecule has 0 radical (unpaired) electrons. The normalized spacial score (nSPS) is 22.3. The Kier molecular flexibility index (Phi) is 3.57. The number of carbonyl (C=O) groups excluding carboxylic acids is 2. The molecule has 2 heterocycles. The third-order valence-electron chi connectivity index (χ3n) is 4.33. The van der Waals surface area contributed by atoms with E-state index in [4.69, 9.17) is 0 Å². The van der Waals surface area contributed by atoms with Crippen molar-refractivity contribution in [1.29, 1.82) is 0 Å². The first kappa shape index (κ1) is 13.9. The Morgan fingerprint density at radius 1 is 1.19 bits per heavy atom. The SMILES string of the molecule is CN(C)c1cccc(N2CCC(=O)N3CCCC3C2=O)c1. The molecule has 0 saturated carbocycles. The number of benzene rings is 1. The fourth-order valence-electron chi connectivity index (χ4n) is 3.16. The van der Waals surface area contributed by atoms with Crippen molar-refractivity contribution in [3.63, 3.8) is 0 Å². The predicted octanol–water partition coefficient (Wildman–Crippen LogP) is 1.48. The van der Waals surface area contributed by atoms with E-state index in [0.29, 0.717) is 13.0 Å². The second-order valence-electron chi connectivity index (χ2n) is 5.90. The molecule has 2 aliphatic rings. The molecule has 1 unspecified atom stereocenters. The van der Waals surface area contributed by atoms with Gasteiger partial charge in [-0.05, 0) is 31.0 Å². The Morgan fingerprint density at radius 3 is 2.76 bits per heavy atom. The van der Waals surface area contributed by atoms with Crippen molar-refractivity contribution in [3.8, 4) is 0 Å². The van der Waals surface area contributed by atoms with Crippen molar-refractivity contribution >= 4 is 23.2 Å². The van der Waals surface area contributed by atoms with Gasteiger partial charge in [-0.25, -0.2) is 0 Å². The van der Waals surface area contributed by atoms with Gasteiger partial charge in [-0.2, -0.15) is 0 Å². The van der Waals surface area contributed by atoms with Crippen molar-refractivity contribution < 1.29 is 9.59 Å². The summed E-state index contributed by atoms with van der Waals surface area (Å²) in [6.45, 7) is 1.20. The van der Waals surface area contributed by atoms with E-state index in [1.807, 2.05) is 43.3 Å².